The predicted molar refractivity (Wildman–Crippen MR) is 131 cm³/mol. The van der Waals surface area contributed by atoms with Crippen LogP contribution >= 0.6 is 12.2 Å². The highest BCUT2D eigenvalue weighted by Gasteiger charge is 2.22. The monoisotopic (exact) mass is 445 g/mol. The van der Waals surface area contributed by atoms with Gasteiger partial charge in [0.15, 0.2) is 0 Å². The van der Waals surface area contributed by atoms with Crippen LogP contribution in [0.1, 0.15) is 46.7 Å². The number of allylic oxidation sites excluding steroid dienone is 2. The van der Waals surface area contributed by atoms with Gasteiger partial charge in [-0.3, -0.25) is 4.79 Å². The molecule has 0 bridgehead atoms. The molecule has 32 heavy (non-hydrogen) atoms. The molecule has 1 N–H and O–H groups in total. The van der Waals surface area contributed by atoms with Crippen molar-refractivity contribution in [2.45, 2.75) is 27.2 Å². The number of carbonyl (C=O) groups excluding carboxylic acids is 1. The molecule has 2 aromatic carbocycles. The molecule has 0 aliphatic heterocycles. The summed E-state index contributed by atoms with van der Waals surface area (Å²) >= 11 is 5.91. The molecular weight excluding hydrogens is 421 g/mol. The van der Waals surface area contributed by atoms with E-state index in [1.165, 1.54) is 12.1 Å². The molecule has 0 atom stereocenters. The van der Waals surface area contributed by atoms with Crippen molar-refractivity contribution >= 4 is 28.6 Å². The Labute approximate surface area is 193 Å². The van der Waals surface area contributed by atoms with Gasteiger partial charge in [0.1, 0.15) is 11.6 Å². The van der Waals surface area contributed by atoms with E-state index in [9.17, 15) is 9.18 Å². The fourth-order valence-corrected chi connectivity index (χ4v) is 4.15. The topological polar surface area (TPSA) is 42.2 Å². The van der Waals surface area contributed by atoms with Gasteiger partial charge >= 0.3 is 0 Å². The smallest absolute Gasteiger partial charge is 0.252 e. The molecule has 0 aliphatic carbocycles. The highest BCUT2D eigenvalue weighted by Crippen LogP contribution is 2.34. The third-order valence-corrected chi connectivity index (χ3v) is 5.68. The standard InChI is InChI=1S/C27H24FNO2S/c1-5-13-29-27(30)20-11-12-23(18(6-2)14-20)22(7-3)26(32)25-17(4)31-16-24(25)19-9-8-10-21(28)15-19/h1,7-12,14-16H,6,13H2,2-4H3,(H,29,30)/b22-7+. The minimum Gasteiger partial charge on any atom is -0.468 e. The molecule has 0 unspecified atom stereocenters. The Morgan fingerprint density at radius 3 is 2.72 bits per heavy atom. The third kappa shape index (κ3) is 4.71. The van der Waals surface area contributed by atoms with Gasteiger partial charge in [0.2, 0.25) is 0 Å². The Morgan fingerprint density at radius 2 is 2.06 bits per heavy atom. The number of furan rings is 1. The Morgan fingerprint density at radius 1 is 1.28 bits per heavy atom. The number of rotatable bonds is 7. The summed E-state index contributed by atoms with van der Waals surface area (Å²) in [5, 5.41) is 2.69. The van der Waals surface area contributed by atoms with E-state index in [0.717, 1.165) is 27.8 Å². The van der Waals surface area contributed by atoms with Crippen LogP contribution in [-0.2, 0) is 6.42 Å². The van der Waals surface area contributed by atoms with E-state index in [4.69, 9.17) is 23.1 Å². The molecule has 1 amide bonds. The van der Waals surface area contributed by atoms with Gasteiger partial charge in [-0.25, -0.2) is 4.39 Å². The summed E-state index contributed by atoms with van der Waals surface area (Å²) in [5.74, 6) is 2.53. The van der Waals surface area contributed by atoms with Crippen molar-refractivity contribution in [2.24, 2.45) is 0 Å². The third-order valence-electron chi connectivity index (χ3n) is 5.26. The lowest BCUT2D eigenvalue weighted by atomic mass is 9.89. The quantitative estimate of drug-likeness (QED) is 0.206. The average Bonchev–Trinajstić information content (AvgIpc) is 3.19. The highest BCUT2D eigenvalue weighted by atomic mass is 32.1. The van der Waals surface area contributed by atoms with Crippen molar-refractivity contribution < 1.29 is 13.6 Å². The maximum Gasteiger partial charge on any atom is 0.252 e. The summed E-state index contributed by atoms with van der Waals surface area (Å²) in [6.07, 6.45) is 9.51. The van der Waals surface area contributed by atoms with E-state index in [2.05, 4.69) is 11.2 Å². The summed E-state index contributed by atoms with van der Waals surface area (Å²) in [6, 6.07) is 11.9. The Hall–Kier alpha value is -3.49. The van der Waals surface area contributed by atoms with E-state index < -0.39 is 0 Å². The van der Waals surface area contributed by atoms with Crippen LogP contribution in [0.2, 0.25) is 0 Å². The zero-order valence-corrected chi connectivity index (χ0v) is 19.1. The number of nitrogens with one attached hydrogen (secondary N) is 1. The van der Waals surface area contributed by atoms with Crippen molar-refractivity contribution in [3.63, 3.8) is 0 Å². The molecule has 0 saturated heterocycles. The van der Waals surface area contributed by atoms with E-state index in [0.29, 0.717) is 28.2 Å². The maximum atomic E-state index is 13.8. The van der Waals surface area contributed by atoms with Crippen LogP contribution in [0.4, 0.5) is 4.39 Å². The summed E-state index contributed by atoms with van der Waals surface area (Å²) in [7, 11) is 0. The van der Waals surface area contributed by atoms with Crippen molar-refractivity contribution in [1.82, 2.24) is 5.32 Å². The van der Waals surface area contributed by atoms with E-state index in [1.807, 2.05) is 45.0 Å². The molecule has 1 heterocycles. The molecule has 3 aromatic rings. The minimum absolute atomic E-state index is 0.175. The summed E-state index contributed by atoms with van der Waals surface area (Å²) < 4.78 is 19.5. The highest BCUT2D eigenvalue weighted by molar-refractivity contribution is 7.82. The maximum absolute atomic E-state index is 13.8. The van der Waals surface area contributed by atoms with Gasteiger partial charge in [-0.2, -0.15) is 0 Å². The van der Waals surface area contributed by atoms with E-state index in [1.54, 1.807) is 18.4 Å². The zero-order chi connectivity index (χ0) is 23.3. The Bertz CT molecular complexity index is 1250. The SMILES string of the molecule is C#CCNC(=O)c1ccc(/C(=C\C)C(=S)c2c(-c3cccc(F)c3)coc2C)c(CC)c1. The number of amides is 1. The van der Waals surface area contributed by atoms with Crippen LogP contribution in [0.25, 0.3) is 16.7 Å². The van der Waals surface area contributed by atoms with Gasteiger partial charge < -0.3 is 9.73 Å². The number of thiocarbonyl (C=S) groups is 1. The first-order chi connectivity index (χ1) is 15.4. The first-order valence-electron chi connectivity index (χ1n) is 10.3. The first-order valence-corrected chi connectivity index (χ1v) is 10.7. The predicted octanol–water partition coefficient (Wildman–Crippen LogP) is 6.14. The number of aryl methyl sites for hydroxylation is 2. The molecular formula is C27H24FNO2S. The number of halogens is 1. The molecule has 162 valence electrons. The van der Waals surface area contributed by atoms with Crippen molar-refractivity contribution in [1.29, 1.82) is 0 Å². The largest absolute Gasteiger partial charge is 0.468 e. The number of hydrogen-bond donors (Lipinski definition) is 1. The average molecular weight is 446 g/mol. The first kappa shape index (κ1) is 23.2. The van der Waals surface area contributed by atoms with Crippen molar-refractivity contribution in [2.75, 3.05) is 6.54 Å². The summed E-state index contributed by atoms with van der Waals surface area (Å²) in [4.78, 5) is 12.9. The Kier molecular flexibility index (Phi) is 7.40. The molecule has 0 spiro atoms. The number of hydrogen-bond acceptors (Lipinski definition) is 3. The van der Waals surface area contributed by atoms with Gasteiger partial charge in [0.05, 0.1) is 17.7 Å². The van der Waals surface area contributed by atoms with Crippen LogP contribution in [0.5, 0.6) is 0 Å². The second-order valence-corrected chi connectivity index (χ2v) is 7.64. The minimum atomic E-state index is -0.323. The van der Waals surface area contributed by atoms with E-state index >= 15 is 0 Å². The summed E-state index contributed by atoms with van der Waals surface area (Å²) in [5.41, 5.74) is 5.54. The van der Waals surface area contributed by atoms with Crippen molar-refractivity contribution in [3.8, 4) is 23.5 Å². The van der Waals surface area contributed by atoms with Gasteiger partial charge in [-0.1, -0.05) is 49.3 Å². The fraction of sp³-hybridized carbons (Fsp3) is 0.185. The van der Waals surface area contributed by atoms with Crippen LogP contribution < -0.4 is 5.32 Å². The molecule has 3 nitrogen and oxygen atoms in total. The lowest BCUT2D eigenvalue weighted by Gasteiger charge is -2.16. The van der Waals surface area contributed by atoms with Crippen LogP contribution in [0, 0.1) is 25.1 Å². The van der Waals surface area contributed by atoms with Crippen molar-refractivity contribution in [3.05, 3.63) is 88.6 Å². The molecule has 0 saturated carbocycles. The molecule has 0 radical (unpaired) electrons. The lowest BCUT2D eigenvalue weighted by Crippen LogP contribution is -2.23. The van der Waals surface area contributed by atoms with E-state index in [-0.39, 0.29) is 18.3 Å². The normalized spacial score (nSPS) is 11.2. The van der Waals surface area contributed by atoms with Crippen LogP contribution in [-0.4, -0.2) is 17.3 Å². The van der Waals surface area contributed by atoms with Gasteiger partial charge in [-0.15, -0.1) is 6.42 Å². The number of benzene rings is 2. The van der Waals surface area contributed by atoms with Gasteiger partial charge in [-0.05, 0) is 66.8 Å². The Balaban J connectivity index is 2.04. The number of terminal acetylenes is 1. The second kappa shape index (κ2) is 10.2. The molecule has 1 aromatic heterocycles. The van der Waals surface area contributed by atoms with Gasteiger partial charge in [0, 0.05) is 16.7 Å². The molecule has 5 heteroatoms. The van der Waals surface area contributed by atoms with Gasteiger partial charge in [0.25, 0.3) is 5.91 Å². The summed E-state index contributed by atoms with van der Waals surface area (Å²) in [6.45, 7) is 5.97. The second-order valence-electron chi connectivity index (χ2n) is 7.23. The molecule has 3 rings (SSSR count). The molecule has 0 aliphatic rings. The number of carbonyl (C=O) groups is 1. The van der Waals surface area contributed by atoms with Crippen LogP contribution in [0.3, 0.4) is 0 Å². The fourth-order valence-electron chi connectivity index (χ4n) is 3.67. The zero-order valence-electron chi connectivity index (χ0n) is 18.3. The lowest BCUT2D eigenvalue weighted by molar-refractivity contribution is 0.0958. The molecule has 0 fully saturated rings. The van der Waals surface area contributed by atoms with Crippen LogP contribution in [0.15, 0.2) is 59.2 Å².